The number of fused-ring (bicyclic) bond motifs is 2. The van der Waals surface area contributed by atoms with Gasteiger partial charge in [0.15, 0.2) is 10.9 Å². The van der Waals surface area contributed by atoms with Crippen molar-refractivity contribution >= 4 is 49.8 Å². The topological polar surface area (TPSA) is 110 Å². The highest BCUT2D eigenvalue weighted by Crippen LogP contribution is 2.44. The molecule has 1 fully saturated rings. The third-order valence-corrected chi connectivity index (χ3v) is 7.18. The SMILES string of the molecule is COc1ccc2nc(N3C(=O)C(=O)/C(=C(/O)c4c(C)nc5ccccn45)C3c3cccnc3)sc2c1. The van der Waals surface area contributed by atoms with Gasteiger partial charge in [0, 0.05) is 18.6 Å². The largest absolute Gasteiger partial charge is 0.505 e. The van der Waals surface area contributed by atoms with Gasteiger partial charge in [-0.3, -0.25) is 23.9 Å². The number of hydrogen-bond donors (Lipinski definition) is 1. The number of ketones is 1. The number of imidazole rings is 1. The van der Waals surface area contributed by atoms with Crippen molar-refractivity contribution in [3.63, 3.8) is 0 Å². The Morgan fingerprint density at radius 1 is 1.11 bits per heavy atom. The number of rotatable bonds is 4. The third-order valence-electron chi connectivity index (χ3n) is 6.16. The minimum absolute atomic E-state index is 0.0430. The van der Waals surface area contributed by atoms with Crippen molar-refractivity contribution in [2.24, 2.45) is 0 Å². The normalized spacial score (nSPS) is 17.4. The lowest BCUT2D eigenvalue weighted by molar-refractivity contribution is -0.132. The van der Waals surface area contributed by atoms with E-state index in [1.54, 1.807) is 73.4 Å². The van der Waals surface area contributed by atoms with Gasteiger partial charge in [-0.05, 0) is 48.9 Å². The number of aryl methyl sites for hydroxylation is 1. The van der Waals surface area contributed by atoms with E-state index in [1.165, 1.54) is 16.2 Å². The molecule has 1 saturated heterocycles. The van der Waals surface area contributed by atoms with Gasteiger partial charge in [0.1, 0.15) is 17.1 Å². The van der Waals surface area contributed by atoms with Gasteiger partial charge in [-0.1, -0.05) is 23.5 Å². The summed E-state index contributed by atoms with van der Waals surface area (Å²) in [5, 5.41) is 11.9. The number of nitrogens with zero attached hydrogens (tertiary/aromatic N) is 5. The number of aliphatic hydroxyl groups excluding tert-OH is 1. The Hall–Kier alpha value is -4.57. The number of amides is 1. The fourth-order valence-corrected chi connectivity index (χ4v) is 5.55. The number of Topliss-reactive ketones (excluding diaryl/α,β-unsaturated/α-hetero) is 1. The van der Waals surface area contributed by atoms with Gasteiger partial charge in [-0.15, -0.1) is 0 Å². The summed E-state index contributed by atoms with van der Waals surface area (Å²) in [5.74, 6) is -1.22. The Balaban J connectivity index is 1.59. The van der Waals surface area contributed by atoms with Crippen LogP contribution in [0.25, 0.3) is 21.6 Å². The summed E-state index contributed by atoms with van der Waals surface area (Å²) in [6.45, 7) is 1.75. The van der Waals surface area contributed by atoms with Gasteiger partial charge in [-0.2, -0.15) is 0 Å². The number of carbonyl (C=O) groups excluding carboxylic acids is 2. The first-order chi connectivity index (χ1) is 17.5. The lowest BCUT2D eigenvalue weighted by Crippen LogP contribution is -2.29. The molecule has 0 aliphatic carbocycles. The maximum absolute atomic E-state index is 13.5. The molecule has 1 N–H and O–H groups in total. The number of thiazole rings is 1. The quantitative estimate of drug-likeness (QED) is 0.224. The van der Waals surface area contributed by atoms with Crippen LogP contribution in [0.4, 0.5) is 5.13 Å². The van der Waals surface area contributed by atoms with E-state index in [4.69, 9.17) is 4.74 Å². The molecule has 1 amide bonds. The maximum Gasteiger partial charge on any atom is 0.301 e. The number of ether oxygens (including phenoxy) is 1. The highest BCUT2D eigenvalue weighted by Gasteiger charge is 2.48. The standard InChI is InChI=1S/C26H19N5O4S/c1-14-21(30-11-4-3-7-19(30)28-14)23(32)20-22(15-6-5-10-27-13-15)31(25(34)24(20)33)26-29-17-9-8-16(35-2)12-18(17)36-26/h3-13,22,32H,1-2H3/b23-20+. The van der Waals surface area contributed by atoms with Crippen molar-refractivity contribution in [2.45, 2.75) is 13.0 Å². The Morgan fingerprint density at radius 2 is 1.97 bits per heavy atom. The monoisotopic (exact) mass is 497 g/mol. The van der Waals surface area contributed by atoms with E-state index in [0.717, 1.165) is 4.70 Å². The molecular weight excluding hydrogens is 478 g/mol. The van der Waals surface area contributed by atoms with Crippen LogP contribution in [0.5, 0.6) is 5.75 Å². The summed E-state index contributed by atoms with van der Waals surface area (Å²) in [7, 11) is 1.58. The van der Waals surface area contributed by atoms with Crippen LogP contribution in [0.1, 0.15) is 23.0 Å². The zero-order valence-electron chi connectivity index (χ0n) is 19.2. The molecule has 36 heavy (non-hydrogen) atoms. The van der Waals surface area contributed by atoms with Crippen LogP contribution in [0.2, 0.25) is 0 Å². The van der Waals surface area contributed by atoms with Crippen LogP contribution >= 0.6 is 11.3 Å². The van der Waals surface area contributed by atoms with E-state index < -0.39 is 17.7 Å². The number of aromatic nitrogens is 4. The summed E-state index contributed by atoms with van der Waals surface area (Å²) in [6, 6.07) is 13.4. The van der Waals surface area contributed by atoms with E-state index in [-0.39, 0.29) is 11.3 Å². The predicted octanol–water partition coefficient (Wildman–Crippen LogP) is 4.28. The highest BCUT2D eigenvalue weighted by molar-refractivity contribution is 7.22. The number of hydrogen-bond acceptors (Lipinski definition) is 8. The van der Waals surface area contributed by atoms with Gasteiger partial charge < -0.3 is 9.84 Å². The fraction of sp³-hybridized carbons (Fsp3) is 0.115. The van der Waals surface area contributed by atoms with Crippen molar-refractivity contribution < 1.29 is 19.4 Å². The van der Waals surface area contributed by atoms with Crippen LogP contribution in [0.3, 0.4) is 0 Å². The molecule has 0 saturated carbocycles. The number of benzene rings is 1. The predicted molar refractivity (Wildman–Crippen MR) is 135 cm³/mol. The van der Waals surface area contributed by atoms with Crippen LogP contribution in [0.15, 0.2) is 72.7 Å². The Bertz CT molecular complexity index is 1710. The number of anilines is 1. The van der Waals surface area contributed by atoms with Gasteiger partial charge in [0.2, 0.25) is 0 Å². The molecule has 4 aromatic heterocycles. The van der Waals surface area contributed by atoms with E-state index in [2.05, 4.69) is 15.0 Å². The molecule has 1 aromatic carbocycles. The van der Waals surface area contributed by atoms with E-state index in [0.29, 0.717) is 39.0 Å². The molecule has 0 radical (unpaired) electrons. The van der Waals surface area contributed by atoms with Crippen LogP contribution in [-0.4, -0.2) is 43.3 Å². The van der Waals surface area contributed by atoms with Crippen molar-refractivity contribution in [3.8, 4) is 5.75 Å². The number of carbonyl (C=O) groups is 2. The summed E-state index contributed by atoms with van der Waals surface area (Å²) < 4.78 is 7.81. The summed E-state index contributed by atoms with van der Waals surface area (Å²) in [4.78, 5) is 41.6. The van der Waals surface area contributed by atoms with Gasteiger partial charge in [0.25, 0.3) is 5.78 Å². The molecule has 1 unspecified atom stereocenters. The molecule has 10 heteroatoms. The second-order valence-corrected chi connectivity index (χ2v) is 9.27. The lowest BCUT2D eigenvalue weighted by atomic mass is 9.97. The molecule has 9 nitrogen and oxygen atoms in total. The second kappa shape index (κ2) is 8.28. The van der Waals surface area contributed by atoms with Crippen molar-refractivity contribution in [2.75, 3.05) is 12.0 Å². The Labute approximate surface area is 208 Å². The van der Waals surface area contributed by atoms with E-state index in [1.807, 2.05) is 12.1 Å². The van der Waals surface area contributed by atoms with E-state index in [9.17, 15) is 14.7 Å². The van der Waals surface area contributed by atoms with Gasteiger partial charge in [0.05, 0.1) is 34.6 Å². The van der Waals surface area contributed by atoms with Crippen molar-refractivity contribution in [1.29, 1.82) is 0 Å². The minimum atomic E-state index is -0.921. The molecule has 178 valence electrons. The third kappa shape index (κ3) is 3.26. The Kier molecular flexibility index (Phi) is 5.04. The average molecular weight is 498 g/mol. The number of pyridine rings is 2. The average Bonchev–Trinajstić information content (AvgIpc) is 3.54. The maximum atomic E-state index is 13.5. The molecule has 0 spiro atoms. The second-order valence-electron chi connectivity index (χ2n) is 8.26. The first kappa shape index (κ1) is 21.9. The molecular formula is C26H19N5O4S. The van der Waals surface area contributed by atoms with Gasteiger partial charge in [-0.25, -0.2) is 9.97 Å². The minimum Gasteiger partial charge on any atom is -0.505 e. The van der Waals surface area contributed by atoms with Crippen LogP contribution < -0.4 is 9.64 Å². The number of aliphatic hydroxyl groups is 1. The molecule has 1 atom stereocenters. The van der Waals surface area contributed by atoms with Crippen molar-refractivity contribution in [1.82, 2.24) is 19.4 Å². The molecule has 0 bridgehead atoms. The Morgan fingerprint density at radius 3 is 2.75 bits per heavy atom. The molecule has 5 aromatic rings. The van der Waals surface area contributed by atoms with Crippen LogP contribution in [-0.2, 0) is 9.59 Å². The zero-order valence-corrected chi connectivity index (χ0v) is 20.1. The summed E-state index contributed by atoms with van der Waals surface area (Å²) in [6.07, 6.45) is 4.93. The van der Waals surface area contributed by atoms with E-state index >= 15 is 0 Å². The first-order valence-corrected chi connectivity index (χ1v) is 11.9. The fourth-order valence-electron chi connectivity index (χ4n) is 4.53. The van der Waals surface area contributed by atoms with Crippen LogP contribution in [0, 0.1) is 6.92 Å². The van der Waals surface area contributed by atoms with Gasteiger partial charge >= 0.3 is 5.91 Å². The summed E-state index contributed by atoms with van der Waals surface area (Å²) in [5.41, 5.74) is 2.69. The molecule has 5 heterocycles. The zero-order chi connectivity index (χ0) is 25.0. The molecule has 6 rings (SSSR count). The smallest absolute Gasteiger partial charge is 0.301 e. The number of methoxy groups -OCH3 is 1. The first-order valence-electron chi connectivity index (χ1n) is 11.1. The lowest BCUT2D eigenvalue weighted by Gasteiger charge is -2.22. The molecule has 1 aliphatic rings. The summed E-state index contributed by atoms with van der Waals surface area (Å²) >= 11 is 1.26. The van der Waals surface area contributed by atoms with Crippen molar-refractivity contribution in [3.05, 3.63) is 89.6 Å². The highest BCUT2D eigenvalue weighted by atomic mass is 32.1. The molecule has 1 aliphatic heterocycles.